The fraction of sp³-hybridized carbons (Fsp3) is 0.630. The smallest absolute Gasteiger partial charge is 0.270 e. The average molecular weight is 487 g/mol. The molecule has 8 heteroatoms. The Balaban J connectivity index is 1.39. The number of amides is 2. The van der Waals surface area contributed by atoms with Crippen molar-refractivity contribution in [2.45, 2.75) is 70.4 Å². The summed E-state index contributed by atoms with van der Waals surface area (Å²) in [6.45, 7) is 8.11. The zero-order chi connectivity index (χ0) is 24.7. The number of fused-ring (bicyclic) bond motifs is 1. The maximum absolute atomic E-state index is 13.6. The molecule has 5 rings (SSSR count). The minimum Gasteiger partial charge on any atom is -0.337 e. The van der Waals surface area contributed by atoms with Gasteiger partial charge in [-0.2, -0.15) is 0 Å². The predicted octanol–water partition coefficient (Wildman–Crippen LogP) is 4.79. The lowest BCUT2D eigenvalue weighted by atomic mass is 10.1. The van der Waals surface area contributed by atoms with Crippen LogP contribution in [0.5, 0.6) is 0 Å². The van der Waals surface area contributed by atoms with Crippen molar-refractivity contribution < 1.29 is 18.4 Å². The summed E-state index contributed by atoms with van der Waals surface area (Å²) < 4.78 is 29.2. The largest absolute Gasteiger partial charge is 0.337 e. The van der Waals surface area contributed by atoms with E-state index in [4.69, 9.17) is 0 Å². The molecular formula is C27H36F2N4O2. The van der Waals surface area contributed by atoms with Crippen LogP contribution in [-0.4, -0.2) is 82.3 Å². The first kappa shape index (κ1) is 24.2. The molecule has 1 aromatic heterocycles. The number of piperidine rings is 1. The first-order valence-electron chi connectivity index (χ1n) is 13.1. The van der Waals surface area contributed by atoms with E-state index < -0.39 is 5.92 Å². The van der Waals surface area contributed by atoms with Crippen molar-refractivity contribution in [3.05, 3.63) is 35.5 Å². The number of nitrogens with zero attached hydrogens (tertiary/aromatic N) is 4. The summed E-state index contributed by atoms with van der Waals surface area (Å²) in [5.74, 6) is -2.86. The molecule has 0 aliphatic carbocycles. The van der Waals surface area contributed by atoms with Crippen LogP contribution in [0, 0.1) is 0 Å². The van der Waals surface area contributed by atoms with Crippen molar-refractivity contribution in [3.8, 4) is 0 Å². The Morgan fingerprint density at radius 2 is 1.69 bits per heavy atom. The molecule has 1 atom stereocenters. The van der Waals surface area contributed by atoms with Crippen LogP contribution in [0.4, 0.5) is 8.78 Å². The third-order valence-electron chi connectivity index (χ3n) is 7.91. The number of halogens is 2. The highest BCUT2D eigenvalue weighted by Crippen LogP contribution is 2.31. The summed E-state index contributed by atoms with van der Waals surface area (Å²) in [6, 6.07) is 7.78. The van der Waals surface area contributed by atoms with Gasteiger partial charge in [-0.15, -0.1) is 0 Å². The van der Waals surface area contributed by atoms with Crippen LogP contribution in [0.25, 0.3) is 10.9 Å². The lowest BCUT2D eigenvalue weighted by molar-refractivity contribution is -0.0495. The van der Waals surface area contributed by atoms with Crippen molar-refractivity contribution in [2.24, 2.45) is 0 Å². The number of rotatable bonds is 5. The number of alkyl halides is 2. The van der Waals surface area contributed by atoms with Crippen LogP contribution in [0.1, 0.15) is 79.3 Å². The summed E-state index contributed by atoms with van der Waals surface area (Å²) in [4.78, 5) is 32.8. The van der Waals surface area contributed by atoms with Crippen molar-refractivity contribution in [1.29, 1.82) is 0 Å². The molecule has 3 fully saturated rings. The molecule has 0 saturated carbocycles. The Morgan fingerprint density at radius 3 is 2.37 bits per heavy atom. The summed E-state index contributed by atoms with van der Waals surface area (Å²) in [5, 5.41) is 0.838. The predicted molar refractivity (Wildman–Crippen MR) is 132 cm³/mol. The highest BCUT2D eigenvalue weighted by Gasteiger charge is 2.37. The quantitative estimate of drug-likeness (QED) is 0.610. The number of hydrogen-bond acceptors (Lipinski definition) is 3. The third kappa shape index (κ3) is 4.82. The van der Waals surface area contributed by atoms with Gasteiger partial charge in [0, 0.05) is 67.6 Å². The van der Waals surface area contributed by atoms with E-state index in [2.05, 4.69) is 4.90 Å². The number of aromatic nitrogens is 1. The molecule has 3 aliphatic rings. The zero-order valence-electron chi connectivity index (χ0n) is 20.8. The van der Waals surface area contributed by atoms with Gasteiger partial charge in [-0.3, -0.25) is 9.59 Å². The molecule has 0 N–H and O–H groups in total. The highest BCUT2D eigenvalue weighted by atomic mass is 19.3. The lowest BCUT2D eigenvalue weighted by Crippen LogP contribution is -2.43. The average Bonchev–Trinajstić information content (AvgIpc) is 3.57. The molecule has 3 aliphatic heterocycles. The number of carbonyl (C=O) groups is 2. The van der Waals surface area contributed by atoms with Gasteiger partial charge in [0.1, 0.15) is 5.69 Å². The number of hydrogen-bond donors (Lipinski definition) is 0. The molecule has 35 heavy (non-hydrogen) atoms. The molecule has 6 nitrogen and oxygen atoms in total. The number of likely N-dealkylation sites (tertiary alicyclic amines) is 3. The van der Waals surface area contributed by atoms with Crippen molar-refractivity contribution in [2.75, 3.05) is 39.3 Å². The monoisotopic (exact) mass is 486 g/mol. The van der Waals surface area contributed by atoms with E-state index in [1.807, 2.05) is 47.6 Å². The van der Waals surface area contributed by atoms with Gasteiger partial charge in [0.2, 0.25) is 0 Å². The van der Waals surface area contributed by atoms with Gasteiger partial charge in [-0.1, -0.05) is 0 Å². The SMILES string of the molecule is CC(C)n1c(C(=O)N2CCC(F)(F)CC2)cc2cc(C(=O)N3CCCC3CN3CCCC3)ccc21. The fourth-order valence-electron chi connectivity index (χ4n) is 6.01. The lowest BCUT2D eigenvalue weighted by Gasteiger charge is -2.32. The van der Waals surface area contributed by atoms with Crippen molar-refractivity contribution in [1.82, 2.24) is 19.3 Å². The zero-order valence-corrected chi connectivity index (χ0v) is 20.8. The number of benzene rings is 1. The molecule has 3 saturated heterocycles. The normalized spacial score (nSPS) is 23.1. The van der Waals surface area contributed by atoms with Gasteiger partial charge in [-0.25, -0.2) is 8.78 Å². The van der Waals surface area contributed by atoms with Gasteiger partial charge in [-0.05, 0) is 76.9 Å². The first-order chi connectivity index (χ1) is 16.7. The van der Waals surface area contributed by atoms with Crippen LogP contribution < -0.4 is 0 Å². The van der Waals surface area contributed by atoms with E-state index in [0.29, 0.717) is 11.3 Å². The topological polar surface area (TPSA) is 48.8 Å². The third-order valence-corrected chi connectivity index (χ3v) is 7.91. The highest BCUT2D eigenvalue weighted by molar-refractivity contribution is 6.02. The summed E-state index contributed by atoms with van der Waals surface area (Å²) in [7, 11) is 0. The second kappa shape index (κ2) is 9.52. The fourth-order valence-corrected chi connectivity index (χ4v) is 6.01. The van der Waals surface area contributed by atoms with Crippen molar-refractivity contribution in [3.63, 3.8) is 0 Å². The first-order valence-corrected chi connectivity index (χ1v) is 13.1. The van der Waals surface area contributed by atoms with Gasteiger partial charge in [0.15, 0.2) is 0 Å². The summed E-state index contributed by atoms with van der Waals surface area (Å²) in [6.07, 6.45) is 3.96. The molecular weight excluding hydrogens is 450 g/mol. The Labute approximate surface area is 205 Å². The Bertz CT molecular complexity index is 1100. The minimum atomic E-state index is -2.70. The molecule has 2 amide bonds. The molecule has 1 unspecified atom stereocenters. The molecule has 4 heterocycles. The van der Waals surface area contributed by atoms with Crippen LogP contribution in [0.3, 0.4) is 0 Å². The van der Waals surface area contributed by atoms with E-state index in [-0.39, 0.29) is 49.8 Å². The molecule has 2 aromatic rings. The molecule has 0 spiro atoms. The van der Waals surface area contributed by atoms with Gasteiger partial charge < -0.3 is 19.3 Å². The van der Waals surface area contributed by atoms with Crippen LogP contribution in [0.15, 0.2) is 24.3 Å². The Morgan fingerprint density at radius 1 is 0.971 bits per heavy atom. The van der Waals surface area contributed by atoms with Crippen LogP contribution in [0.2, 0.25) is 0 Å². The Hall–Kier alpha value is -2.48. The minimum absolute atomic E-state index is 0.0163. The van der Waals surface area contributed by atoms with E-state index in [1.54, 1.807) is 0 Å². The summed E-state index contributed by atoms with van der Waals surface area (Å²) >= 11 is 0. The standard InChI is InChI=1S/C27H36F2N4O2/c1-19(2)33-23-8-7-20(25(34)32-13-5-6-22(32)18-30-11-3-4-12-30)16-21(23)17-24(33)26(35)31-14-9-27(28,29)10-15-31/h7-8,16-17,19,22H,3-6,9-15,18H2,1-2H3. The van der Waals surface area contributed by atoms with E-state index in [9.17, 15) is 18.4 Å². The van der Waals surface area contributed by atoms with Crippen LogP contribution in [-0.2, 0) is 0 Å². The number of carbonyl (C=O) groups excluding carboxylic acids is 2. The molecule has 0 radical (unpaired) electrons. The van der Waals surface area contributed by atoms with E-state index >= 15 is 0 Å². The molecule has 190 valence electrons. The van der Waals surface area contributed by atoms with Gasteiger partial charge in [0.25, 0.3) is 17.7 Å². The maximum atomic E-state index is 13.6. The summed E-state index contributed by atoms with van der Waals surface area (Å²) in [5.41, 5.74) is 2.03. The van der Waals surface area contributed by atoms with Crippen molar-refractivity contribution >= 4 is 22.7 Å². The second-order valence-electron chi connectivity index (χ2n) is 10.7. The van der Waals surface area contributed by atoms with E-state index in [0.717, 1.165) is 49.9 Å². The van der Waals surface area contributed by atoms with Gasteiger partial charge >= 0.3 is 0 Å². The van der Waals surface area contributed by atoms with E-state index in [1.165, 1.54) is 17.7 Å². The maximum Gasteiger partial charge on any atom is 0.270 e. The molecule has 1 aromatic carbocycles. The van der Waals surface area contributed by atoms with Crippen LogP contribution >= 0.6 is 0 Å². The van der Waals surface area contributed by atoms with Gasteiger partial charge in [0.05, 0.1) is 0 Å². The second-order valence-corrected chi connectivity index (χ2v) is 10.7. The molecule has 0 bridgehead atoms. The Kier molecular flexibility index (Phi) is 6.59.